The molecule has 0 aliphatic carbocycles. The van der Waals surface area contributed by atoms with E-state index in [4.69, 9.17) is 13.9 Å². The molecule has 1 fully saturated rings. The van der Waals surface area contributed by atoms with Crippen LogP contribution in [0.3, 0.4) is 0 Å². The van der Waals surface area contributed by atoms with Gasteiger partial charge in [-0.3, -0.25) is 4.79 Å². The molecule has 0 bridgehead atoms. The van der Waals surface area contributed by atoms with Crippen molar-refractivity contribution < 1.29 is 23.8 Å². The van der Waals surface area contributed by atoms with Crippen molar-refractivity contribution in [2.24, 2.45) is 0 Å². The number of aliphatic hydroxyl groups is 1. The van der Waals surface area contributed by atoms with Crippen LogP contribution in [0.1, 0.15) is 74.1 Å². The van der Waals surface area contributed by atoms with Crippen molar-refractivity contribution in [1.82, 2.24) is 0 Å². The lowest BCUT2D eigenvalue weighted by Gasteiger charge is -2.43. The summed E-state index contributed by atoms with van der Waals surface area (Å²) in [6, 6.07) is 0. The van der Waals surface area contributed by atoms with Crippen LogP contribution in [0.5, 0.6) is 0 Å². The van der Waals surface area contributed by atoms with Crippen LogP contribution in [0, 0.1) is 0 Å². The van der Waals surface area contributed by atoms with Gasteiger partial charge in [0.15, 0.2) is 8.32 Å². The number of carbonyl (C=O) groups is 1. The second-order valence-electron chi connectivity index (χ2n) is 9.78. The van der Waals surface area contributed by atoms with Crippen LogP contribution in [0.15, 0.2) is 0 Å². The highest BCUT2D eigenvalue weighted by molar-refractivity contribution is 6.74. The molecule has 154 valence electrons. The number of hydrogen-bond donors (Lipinski definition) is 1. The fraction of sp³-hybridized carbons (Fsp3) is 0.950. The van der Waals surface area contributed by atoms with Crippen LogP contribution in [0.4, 0.5) is 0 Å². The van der Waals surface area contributed by atoms with Crippen molar-refractivity contribution in [3.63, 3.8) is 0 Å². The van der Waals surface area contributed by atoms with Crippen LogP contribution in [-0.4, -0.2) is 49.4 Å². The van der Waals surface area contributed by atoms with E-state index in [2.05, 4.69) is 47.7 Å². The third-order valence-electron chi connectivity index (χ3n) is 6.28. The molecule has 0 radical (unpaired) electrons. The molecule has 0 spiro atoms. The van der Waals surface area contributed by atoms with E-state index in [-0.39, 0.29) is 28.8 Å². The van der Waals surface area contributed by atoms with Gasteiger partial charge < -0.3 is 19.0 Å². The maximum Gasteiger partial charge on any atom is 0.302 e. The van der Waals surface area contributed by atoms with Gasteiger partial charge in [0, 0.05) is 6.92 Å². The summed E-state index contributed by atoms with van der Waals surface area (Å²) in [5, 5.41) is 11.0. The normalized spacial score (nSPS) is 27.8. The molecule has 5 nitrogen and oxygen atoms in total. The molecule has 1 saturated heterocycles. The predicted octanol–water partition coefficient (Wildman–Crippen LogP) is 4.43. The van der Waals surface area contributed by atoms with Crippen molar-refractivity contribution in [1.29, 1.82) is 0 Å². The minimum Gasteiger partial charge on any atom is -0.466 e. The molecular weight excluding hydrogens is 348 g/mol. The number of esters is 1. The first kappa shape index (κ1) is 23.6. The number of ether oxygens (including phenoxy) is 2. The molecule has 26 heavy (non-hydrogen) atoms. The lowest BCUT2D eigenvalue weighted by atomic mass is 9.90. The minimum atomic E-state index is -1.88. The summed E-state index contributed by atoms with van der Waals surface area (Å²) in [4.78, 5) is 10.8. The summed E-state index contributed by atoms with van der Waals surface area (Å²) in [6.07, 6.45) is 2.59. The van der Waals surface area contributed by atoms with Gasteiger partial charge in [-0.25, -0.2) is 0 Å². The lowest BCUT2D eigenvalue weighted by Crippen LogP contribution is -2.51. The average molecular weight is 389 g/mol. The van der Waals surface area contributed by atoms with Crippen molar-refractivity contribution in [3.05, 3.63) is 0 Å². The molecule has 0 aromatic heterocycles. The van der Waals surface area contributed by atoms with Crippen LogP contribution in [-0.2, 0) is 18.7 Å². The van der Waals surface area contributed by atoms with Crippen molar-refractivity contribution >= 4 is 14.3 Å². The minimum absolute atomic E-state index is 0.0229. The Balaban J connectivity index is 2.65. The largest absolute Gasteiger partial charge is 0.466 e. The maximum atomic E-state index is 10.9. The Morgan fingerprint density at radius 2 is 1.92 bits per heavy atom. The molecule has 1 heterocycles. The van der Waals surface area contributed by atoms with Gasteiger partial charge in [0.25, 0.3) is 0 Å². The van der Waals surface area contributed by atoms with Gasteiger partial charge in [-0.05, 0) is 64.6 Å². The smallest absolute Gasteiger partial charge is 0.302 e. The summed E-state index contributed by atoms with van der Waals surface area (Å²) in [5.41, 5.74) is -1.32. The van der Waals surface area contributed by atoms with E-state index in [0.717, 1.165) is 12.8 Å². The Morgan fingerprint density at radius 1 is 1.35 bits per heavy atom. The number of rotatable bonds is 8. The molecule has 0 amide bonds. The quantitative estimate of drug-likeness (QED) is 0.378. The molecular formula is C20H40O5Si. The second kappa shape index (κ2) is 8.29. The maximum absolute atomic E-state index is 10.9. The van der Waals surface area contributed by atoms with Crippen LogP contribution in [0.25, 0.3) is 0 Å². The Hall–Kier alpha value is -0.433. The van der Waals surface area contributed by atoms with Gasteiger partial charge in [-0.2, -0.15) is 0 Å². The van der Waals surface area contributed by atoms with Gasteiger partial charge >= 0.3 is 5.97 Å². The molecule has 0 aromatic rings. The van der Waals surface area contributed by atoms with E-state index in [1.807, 2.05) is 6.92 Å². The topological polar surface area (TPSA) is 65.0 Å². The van der Waals surface area contributed by atoms with Gasteiger partial charge in [-0.15, -0.1) is 0 Å². The van der Waals surface area contributed by atoms with E-state index in [1.54, 1.807) is 0 Å². The Labute approximate surface area is 160 Å². The van der Waals surface area contributed by atoms with E-state index in [9.17, 15) is 9.90 Å². The SMILES string of the molecule is CC(=O)OCCC[C@](C)(O)[C@H]1CC[C@@](C)([C@@H](C)O[Si](C)(C)C(C)(C)C)O1. The zero-order valence-corrected chi connectivity index (χ0v) is 19.3. The number of hydrogen-bond acceptors (Lipinski definition) is 5. The van der Waals surface area contributed by atoms with Crippen LogP contribution < -0.4 is 0 Å². The second-order valence-corrected chi connectivity index (χ2v) is 14.5. The van der Waals surface area contributed by atoms with E-state index < -0.39 is 13.9 Å². The van der Waals surface area contributed by atoms with Crippen LogP contribution in [0.2, 0.25) is 18.1 Å². The molecule has 0 saturated carbocycles. The zero-order valence-electron chi connectivity index (χ0n) is 18.3. The third kappa shape index (κ3) is 6.04. The Bertz CT molecular complexity index is 483. The van der Waals surface area contributed by atoms with Gasteiger partial charge in [0.05, 0.1) is 30.0 Å². The van der Waals surface area contributed by atoms with Gasteiger partial charge in [0.2, 0.25) is 0 Å². The van der Waals surface area contributed by atoms with Crippen molar-refractivity contribution in [2.45, 2.75) is 116 Å². The predicted molar refractivity (Wildman–Crippen MR) is 107 cm³/mol. The first-order valence-electron chi connectivity index (χ1n) is 9.82. The zero-order chi connectivity index (χ0) is 20.4. The highest BCUT2D eigenvalue weighted by atomic mass is 28.4. The summed E-state index contributed by atoms with van der Waals surface area (Å²) >= 11 is 0. The summed E-state index contributed by atoms with van der Waals surface area (Å²) in [7, 11) is -1.88. The standard InChI is InChI=1S/C20H40O5Si/c1-15(25-26(8,9)18(3,4)5)20(7)13-11-17(24-20)19(6,22)12-10-14-23-16(2)21/h15,17,22H,10-14H2,1-9H3/t15-,17-,19+,20+/m1/s1. The van der Waals surface area contributed by atoms with Crippen molar-refractivity contribution in [3.8, 4) is 0 Å². The highest BCUT2D eigenvalue weighted by Crippen LogP contribution is 2.43. The van der Waals surface area contributed by atoms with Gasteiger partial charge in [0.1, 0.15) is 0 Å². The van der Waals surface area contributed by atoms with Crippen molar-refractivity contribution in [2.75, 3.05) is 6.61 Å². The fourth-order valence-corrected chi connectivity index (χ4v) is 4.63. The Kier molecular flexibility index (Phi) is 7.53. The first-order valence-corrected chi connectivity index (χ1v) is 12.7. The average Bonchev–Trinajstić information content (AvgIpc) is 2.87. The lowest BCUT2D eigenvalue weighted by molar-refractivity contribution is -0.156. The monoisotopic (exact) mass is 388 g/mol. The Morgan fingerprint density at radius 3 is 2.42 bits per heavy atom. The molecule has 0 aromatic carbocycles. The summed E-state index contributed by atoms with van der Waals surface area (Å²) in [5.74, 6) is -0.286. The molecule has 4 atom stereocenters. The molecule has 1 aliphatic rings. The molecule has 1 rings (SSSR count). The molecule has 0 unspecified atom stereocenters. The summed E-state index contributed by atoms with van der Waals surface area (Å²) in [6.45, 7) is 19.0. The molecule has 1 aliphatic heterocycles. The third-order valence-corrected chi connectivity index (χ3v) is 10.8. The van der Waals surface area contributed by atoms with E-state index >= 15 is 0 Å². The highest BCUT2D eigenvalue weighted by Gasteiger charge is 2.49. The summed E-state index contributed by atoms with van der Waals surface area (Å²) < 4.78 is 17.9. The molecule has 6 heteroatoms. The van der Waals surface area contributed by atoms with Crippen LogP contribution >= 0.6 is 0 Å². The van der Waals surface area contributed by atoms with Gasteiger partial charge in [-0.1, -0.05) is 20.8 Å². The fourth-order valence-electron chi connectivity index (χ4n) is 3.15. The van der Waals surface area contributed by atoms with E-state index in [1.165, 1.54) is 6.92 Å². The number of carbonyl (C=O) groups excluding carboxylic acids is 1. The molecule has 1 N–H and O–H groups in total. The van der Waals surface area contributed by atoms with E-state index in [0.29, 0.717) is 19.4 Å². The first-order chi connectivity index (χ1) is 11.6.